The Hall–Kier alpha value is -3.35. The number of anilines is 1. The van der Waals surface area contributed by atoms with Crippen LogP contribution >= 0.6 is 0 Å². The van der Waals surface area contributed by atoms with E-state index in [0.717, 1.165) is 5.56 Å². The van der Waals surface area contributed by atoms with Gasteiger partial charge in [-0.2, -0.15) is 0 Å². The second kappa shape index (κ2) is 10.8. The van der Waals surface area contributed by atoms with Gasteiger partial charge in [-0.1, -0.05) is 18.2 Å². The van der Waals surface area contributed by atoms with Crippen molar-refractivity contribution in [2.75, 3.05) is 32.1 Å². The van der Waals surface area contributed by atoms with Gasteiger partial charge in [0.2, 0.25) is 0 Å². The molecule has 0 spiro atoms. The van der Waals surface area contributed by atoms with Gasteiger partial charge in [0, 0.05) is 24.3 Å². The van der Waals surface area contributed by atoms with Crippen LogP contribution in [0.25, 0.3) is 0 Å². The Kier molecular flexibility index (Phi) is 8.21. The summed E-state index contributed by atoms with van der Waals surface area (Å²) in [6.45, 7) is 4.63. The number of hydrogen-bond acceptors (Lipinski definition) is 5. The monoisotopic (exact) mass is 398 g/mol. The first kappa shape index (κ1) is 21.9. The average molecular weight is 398 g/mol. The molecule has 2 aromatic rings. The maximum absolute atomic E-state index is 12.4. The number of methoxy groups -OCH3 is 1. The van der Waals surface area contributed by atoms with Gasteiger partial charge in [0.25, 0.3) is 11.8 Å². The zero-order chi connectivity index (χ0) is 21.2. The van der Waals surface area contributed by atoms with Crippen LogP contribution in [0.2, 0.25) is 0 Å². The van der Waals surface area contributed by atoms with Gasteiger partial charge in [0.1, 0.15) is 5.75 Å². The lowest BCUT2D eigenvalue weighted by molar-refractivity contribution is -0.146. The highest BCUT2D eigenvalue weighted by molar-refractivity contribution is 5.97. The van der Waals surface area contributed by atoms with Crippen LogP contribution in [0.5, 0.6) is 5.75 Å². The molecule has 154 valence electrons. The van der Waals surface area contributed by atoms with Crippen LogP contribution < -0.4 is 10.1 Å². The Labute approximate surface area is 170 Å². The highest BCUT2D eigenvalue weighted by atomic mass is 16.5. The lowest BCUT2D eigenvalue weighted by Crippen LogP contribution is -2.30. The molecule has 0 aliphatic rings. The third-order valence-corrected chi connectivity index (χ3v) is 4.29. The lowest BCUT2D eigenvalue weighted by Gasteiger charge is -2.19. The molecule has 0 fully saturated rings. The number of hydrogen-bond donors (Lipinski definition) is 1. The maximum atomic E-state index is 12.4. The minimum absolute atomic E-state index is 0.0400. The zero-order valence-corrected chi connectivity index (χ0v) is 16.9. The second-order valence-corrected chi connectivity index (χ2v) is 6.30. The predicted octanol–water partition coefficient (Wildman–Crippen LogP) is 2.90. The molecule has 2 aromatic carbocycles. The molecule has 0 unspecified atom stereocenters. The van der Waals surface area contributed by atoms with E-state index in [4.69, 9.17) is 9.47 Å². The largest absolute Gasteiger partial charge is 0.497 e. The second-order valence-electron chi connectivity index (χ2n) is 6.30. The smallest absolute Gasteiger partial charge is 0.310 e. The van der Waals surface area contributed by atoms with E-state index in [9.17, 15) is 14.4 Å². The third kappa shape index (κ3) is 6.64. The number of carbonyl (C=O) groups is 3. The Bertz CT molecular complexity index is 862. The van der Waals surface area contributed by atoms with Crippen molar-refractivity contribution in [1.82, 2.24) is 4.90 Å². The molecule has 1 N–H and O–H groups in total. The van der Waals surface area contributed by atoms with Crippen molar-refractivity contribution in [3.63, 3.8) is 0 Å². The number of benzene rings is 2. The summed E-state index contributed by atoms with van der Waals surface area (Å²) >= 11 is 0. The van der Waals surface area contributed by atoms with Crippen molar-refractivity contribution in [3.05, 3.63) is 59.7 Å². The summed E-state index contributed by atoms with van der Waals surface area (Å²) in [5.41, 5.74) is 1.69. The van der Waals surface area contributed by atoms with Gasteiger partial charge in [0.15, 0.2) is 6.61 Å². The zero-order valence-electron chi connectivity index (χ0n) is 16.9. The molecule has 7 nitrogen and oxygen atoms in total. The first-order valence-electron chi connectivity index (χ1n) is 9.44. The van der Waals surface area contributed by atoms with Crippen molar-refractivity contribution >= 4 is 23.5 Å². The van der Waals surface area contributed by atoms with Crippen molar-refractivity contribution in [2.24, 2.45) is 0 Å². The number of esters is 1. The third-order valence-electron chi connectivity index (χ3n) is 4.29. The topological polar surface area (TPSA) is 84.9 Å². The van der Waals surface area contributed by atoms with E-state index in [1.807, 2.05) is 13.8 Å². The minimum atomic E-state index is -0.515. The predicted molar refractivity (Wildman–Crippen MR) is 110 cm³/mol. The SMILES string of the molecule is CCN(CC)C(=O)c1cccc(NC(=O)COC(=O)Cc2cccc(OC)c2)c1. The number of ether oxygens (including phenoxy) is 2. The minimum Gasteiger partial charge on any atom is -0.497 e. The molecule has 0 saturated carbocycles. The molecular weight excluding hydrogens is 372 g/mol. The Balaban J connectivity index is 1.88. The van der Waals surface area contributed by atoms with Crippen LogP contribution in [0, 0.1) is 0 Å². The number of nitrogens with one attached hydrogen (secondary N) is 1. The Morgan fingerprint density at radius 2 is 1.72 bits per heavy atom. The van der Waals surface area contributed by atoms with Crippen molar-refractivity contribution in [1.29, 1.82) is 0 Å². The van der Waals surface area contributed by atoms with E-state index < -0.39 is 18.5 Å². The summed E-state index contributed by atoms with van der Waals surface area (Å²) in [5, 5.41) is 2.64. The lowest BCUT2D eigenvalue weighted by atomic mass is 10.1. The fraction of sp³-hybridized carbons (Fsp3) is 0.318. The van der Waals surface area contributed by atoms with Crippen LogP contribution in [0.1, 0.15) is 29.8 Å². The van der Waals surface area contributed by atoms with E-state index >= 15 is 0 Å². The summed E-state index contributed by atoms with van der Waals surface area (Å²) in [4.78, 5) is 38.2. The maximum Gasteiger partial charge on any atom is 0.310 e. The summed E-state index contributed by atoms with van der Waals surface area (Å²) in [5.74, 6) is -0.446. The molecular formula is C22H26N2O5. The van der Waals surface area contributed by atoms with E-state index in [-0.39, 0.29) is 12.3 Å². The Morgan fingerprint density at radius 3 is 2.41 bits per heavy atom. The van der Waals surface area contributed by atoms with Gasteiger partial charge < -0.3 is 19.7 Å². The number of amides is 2. The molecule has 29 heavy (non-hydrogen) atoms. The van der Waals surface area contributed by atoms with E-state index in [1.54, 1.807) is 60.5 Å². The van der Waals surface area contributed by atoms with E-state index in [1.165, 1.54) is 0 Å². The number of nitrogens with zero attached hydrogens (tertiary/aromatic N) is 1. The molecule has 2 amide bonds. The molecule has 0 bridgehead atoms. The quantitative estimate of drug-likeness (QED) is 0.657. The van der Waals surface area contributed by atoms with Crippen LogP contribution in [0.4, 0.5) is 5.69 Å². The van der Waals surface area contributed by atoms with Gasteiger partial charge in [-0.15, -0.1) is 0 Å². The van der Waals surface area contributed by atoms with Gasteiger partial charge in [-0.05, 0) is 49.7 Å². The molecule has 0 aliphatic heterocycles. The standard InChI is InChI=1S/C22H26N2O5/c1-4-24(5-2)22(27)17-9-7-10-18(14-17)23-20(25)15-29-21(26)13-16-8-6-11-19(12-16)28-3/h6-12,14H,4-5,13,15H2,1-3H3,(H,23,25). The number of rotatable bonds is 9. The van der Waals surface area contributed by atoms with Crippen molar-refractivity contribution in [3.8, 4) is 5.75 Å². The van der Waals surface area contributed by atoms with E-state index in [0.29, 0.717) is 30.1 Å². The van der Waals surface area contributed by atoms with Gasteiger partial charge in [-0.3, -0.25) is 14.4 Å². The van der Waals surface area contributed by atoms with Gasteiger partial charge in [-0.25, -0.2) is 0 Å². The summed E-state index contributed by atoms with van der Waals surface area (Å²) in [7, 11) is 1.55. The first-order chi connectivity index (χ1) is 14.0. The highest BCUT2D eigenvalue weighted by Crippen LogP contribution is 2.14. The molecule has 0 aliphatic carbocycles. The molecule has 0 atom stereocenters. The summed E-state index contributed by atoms with van der Waals surface area (Å²) < 4.78 is 10.2. The van der Waals surface area contributed by atoms with Crippen LogP contribution in [-0.2, 0) is 20.7 Å². The normalized spacial score (nSPS) is 10.2. The highest BCUT2D eigenvalue weighted by Gasteiger charge is 2.14. The van der Waals surface area contributed by atoms with Gasteiger partial charge in [0.05, 0.1) is 13.5 Å². The van der Waals surface area contributed by atoms with Gasteiger partial charge >= 0.3 is 5.97 Å². The summed E-state index contributed by atoms with van der Waals surface area (Å²) in [6, 6.07) is 13.8. The molecule has 0 heterocycles. The summed E-state index contributed by atoms with van der Waals surface area (Å²) in [6.07, 6.45) is 0.0400. The number of carbonyl (C=O) groups excluding carboxylic acids is 3. The Morgan fingerprint density at radius 1 is 1.00 bits per heavy atom. The van der Waals surface area contributed by atoms with E-state index in [2.05, 4.69) is 5.32 Å². The fourth-order valence-electron chi connectivity index (χ4n) is 2.77. The van der Waals surface area contributed by atoms with Crippen LogP contribution in [0.15, 0.2) is 48.5 Å². The van der Waals surface area contributed by atoms with Crippen LogP contribution in [-0.4, -0.2) is 49.5 Å². The van der Waals surface area contributed by atoms with Crippen molar-refractivity contribution in [2.45, 2.75) is 20.3 Å². The average Bonchev–Trinajstić information content (AvgIpc) is 2.73. The molecule has 0 aromatic heterocycles. The molecule has 0 radical (unpaired) electrons. The molecule has 2 rings (SSSR count). The molecule has 0 saturated heterocycles. The first-order valence-corrected chi connectivity index (χ1v) is 9.44. The fourth-order valence-corrected chi connectivity index (χ4v) is 2.77. The molecule has 7 heteroatoms. The van der Waals surface area contributed by atoms with Crippen molar-refractivity contribution < 1.29 is 23.9 Å². The van der Waals surface area contributed by atoms with Crippen LogP contribution in [0.3, 0.4) is 0 Å².